The van der Waals surface area contributed by atoms with E-state index >= 15 is 0 Å². The van der Waals surface area contributed by atoms with Crippen LogP contribution in [0.4, 0.5) is 36.8 Å². The highest BCUT2D eigenvalue weighted by Crippen LogP contribution is 2.32. The van der Waals surface area contributed by atoms with Gasteiger partial charge in [-0.3, -0.25) is 4.72 Å². The highest BCUT2D eigenvalue weighted by Gasteiger charge is 2.31. The van der Waals surface area contributed by atoms with Crippen LogP contribution in [0.3, 0.4) is 0 Å². The fourth-order valence-electron chi connectivity index (χ4n) is 3.72. The second-order valence-electron chi connectivity index (χ2n) is 8.89. The number of halogens is 6. The molecule has 220 valence electrons. The Kier molecular flexibility index (Phi) is 10.9. The third kappa shape index (κ3) is 9.56. The van der Waals surface area contributed by atoms with E-state index in [2.05, 4.69) is 10.0 Å². The van der Waals surface area contributed by atoms with Crippen LogP contribution >= 0.6 is 24.2 Å². The Hall–Kier alpha value is -3.45. The van der Waals surface area contributed by atoms with E-state index in [1.54, 1.807) is 11.8 Å². The number of carbonyl (C=O) groups excluding carboxylic acids is 1. The van der Waals surface area contributed by atoms with Crippen molar-refractivity contribution in [2.24, 2.45) is 0 Å². The number of hydrogen-bond acceptors (Lipinski definition) is 3. The third-order valence-electron chi connectivity index (χ3n) is 5.97. The minimum Gasteiger partial charge on any atom is -0.345 e. The predicted octanol–water partition coefficient (Wildman–Crippen LogP) is 8.18. The lowest BCUT2D eigenvalue weighted by Crippen LogP contribution is -2.36. The number of rotatable bonds is 9. The first-order valence-corrected chi connectivity index (χ1v) is 13.7. The van der Waals surface area contributed by atoms with Crippen LogP contribution in [-0.4, -0.2) is 34.0 Å². The molecular weight excluding hydrogens is 586 g/mol. The summed E-state index contributed by atoms with van der Waals surface area (Å²) in [6.45, 7) is 5.24. The maximum atomic E-state index is 13.0. The van der Waals surface area contributed by atoms with Crippen LogP contribution in [0, 0.1) is 0 Å². The highest BCUT2D eigenvalue weighted by atomic mass is 32.2. The van der Waals surface area contributed by atoms with Crippen molar-refractivity contribution in [1.29, 1.82) is 0 Å². The number of anilines is 1. The summed E-state index contributed by atoms with van der Waals surface area (Å²) in [5.74, 6) is 0. The molecule has 3 rings (SSSR count). The lowest BCUT2D eigenvalue weighted by atomic mass is 10.1. The number of alkyl halides is 6. The minimum absolute atomic E-state index is 0.239. The number of amides is 2. The Balaban J connectivity index is 1.56. The molecule has 2 N–H and O–H groups in total. The Morgan fingerprint density at radius 2 is 1.29 bits per heavy atom. The molecular formula is C28H28F6N4OS2. The summed E-state index contributed by atoms with van der Waals surface area (Å²) in [5.41, 5.74) is 0.410. The van der Waals surface area contributed by atoms with Crippen LogP contribution in [0.25, 0.3) is 0 Å². The summed E-state index contributed by atoms with van der Waals surface area (Å²) >= 11 is 6.24. The molecule has 0 saturated heterocycles. The van der Waals surface area contributed by atoms with Gasteiger partial charge in [0, 0.05) is 36.8 Å². The molecule has 0 unspecified atom stereocenters. The van der Waals surface area contributed by atoms with Crippen molar-refractivity contribution in [2.75, 3.05) is 18.4 Å². The lowest BCUT2D eigenvalue weighted by Gasteiger charge is -2.25. The maximum Gasteiger partial charge on any atom is 0.416 e. The first kappa shape index (κ1) is 32.1. The molecule has 3 aromatic rings. The van der Waals surface area contributed by atoms with Crippen molar-refractivity contribution >= 4 is 41.0 Å². The molecule has 2 amide bonds. The number of urea groups is 1. The molecule has 0 aliphatic rings. The van der Waals surface area contributed by atoms with Crippen LogP contribution in [0.1, 0.15) is 36.1 Å². The predicted molar refractivity (Wildman–Crippen MR) is 152 cm³/mol. The fourth-order valence-corrected chi connectivity index (χ4v) is 4.70. The molecule has 0 saturated carbocycles. The van der Waals surface area contributed by atoms with Gasteiger partial charge in [-0.05, 0) is 85.5 Å². The van der Waals surface area contributed by atoms with E-state index in [1.807, 2.05) is 31.2 Å². The first-order chi connectivity index (χ1) is 19.3. The molecule has 0 bridgehead atoms. The van der Waals surface area contributed by atoms with Gasteiger partial charge in [0.2, 0.25) is 0 Å². The van der Waals surface area contributed by atoms with Gasteiger partial charge in [-0.15, -0.1) is 0 Å². The van der Waals surface area contributed by atoms with Gasteiger partial charge in [-0.2, -0.15) is 26.3 Å². The van der Waals surface area contributed by atoms with Gasteiger partial charge in [0.05, 0.1) is 11.1 Å². The zero-order chi connectivity index (χ0) is 30.2. The summed E-state index contributed by atoms with van der Waals surface area (Å²) in [7, 11) is 0. The Morgan fingerprint density at radius 3 is 1.83 bits per heavy atom. The van der Waals surface area contributed by atoms with E-state index in [0.29, 0.717) is 19.6 Å². The summed E-state index contributed by atoms with van der Waals surface area (Å²) in [5, 5.41) is 3.15. The van der Waals surface area contributed by atoms with E-state index in [0.717, 1.165) is 47.3 Å². The van der Waals surface area contributed by atoms with Crippen molar-refractivity contribution < 1.29 is 31.1 Å². The van der Waals surface area contributed by atoms with E-state index in [-0.39, 0.29) is 22.2 Å². The van der Waals surface area contributed by atoms with E-state index in [1.165, 1.54) is 29.2 Å². The van der Waals surface area contributed by atoms with Gasteiger partial charge < -0.3 is 15.1 Å². The second kappa shape index (κ2) is 13.9. The van der Waals surface area contributed by atoms with Gasteiger partial charge >= 0.3 is 18.4 Å². The molecule has 5 nitrogen and oxygen atoms in total. The van der Waals surface area contributed by atoms with Crippen LogP contribution in [-0.2, 0) is 25.4 Å². The van der Waals surface area contributed by atoms with Crippen LogP contribution in [0.15, 0.2) is 77.7 Å². The zero-order valence-electron chi connectivity index (χ0n) is 22.1. The van der Waals surface area contributed by atoms with Crippen LogP contribution < -0.4 is 10.0 Å². The number of thiocarbonyl (C=S) groups is 1. The van der Waals surface area contributed by atoms with Crippen molar-refractivity contribution in [3.63, 3.8) is 0 Å². The Bertz CT molecular complexity index is 1330. The molecule has 0 atom stereocenters. The van der Waals surface area contributed by atoms with Gasteiger partial charge in [-0.1, -0.05) is 36.4 Å². The molecule has 13 heteroatoms. The molecule has 0 aromatic heterocycles. The topological polar surface area (TPSA) is 47.6 Å². The number of nitrogens with zero attached hydrogens (tertiary/aromatic N) is 2. The van der Waals surface area contributed by atoms with E-state index in [4.69, 9.17) is 12.2 Å². The second-order valence-corrected chi connectivity index (χ2v) is 10.2. The van der Waals surface area contributed by atoms with Crippen molar-refractivity contribution in [2.45, 2.75) is 44.2 Å². The Morgan fingerprint density at radius 1 is 0.780 bits per heavy atom. The fraction of sp³-hybridized carbons (Fsp3) is 0.286. The largest absolute Gasteiger partial charge is 0.416 e. The van der Waals surface area contributed by atoms with Gasteiger partial charge in [0.1, 0.15) is 0 Å². The zero-order valence-corrected chi connectivity index (χ0v) is 23.8. The number of benzene rings is 3. The SMILES string of the molecule is CCN(Cc1ccc(CN(CC)C(=S)Nc2cccc(C(F)(F)F)c2)cc1)C(=O)NSc1cccc(C(F)(F)F)c1. The van der Waals surface area contributed by atoms with Crippen molar-refractivity contribution in [3.05, 3.63) is 95.1 Å². The van der Waals surface area contributed by atoms with Crippen molar-refractivity contribution in [1.82, 2.24) is 14.5 Å². The van der Waals surface area contributed by atoms with Gasteiger partial charge in [0.15, 0.2) is 5.11 Å². The van der Waals surface area contributed by atoms with Crippen LogP contribution in [0.2, 0.25) is 0 Å². The quantitative estimate of drug-likeness (QED) is 0.145. The van der Waals surface area contributed by atoms with E-state index < -0.39 is 29.5 Å². The summed E-state index contributed by atoms with van der Waals surface area (Å²) in [4.78, 5) is 16.2. The molecule has 41 heavy (non-hydrogen) atoms. The number of nitrogens with one attached hydrogen (secondary N) is 2. The van der Waals surface area contributed by atoms with E-state index in [9.17, 15) is 31.1 Å². The smallest absolute Gasteiger partial charge is 0.345 e. The Labute approximate surface area is 244 Å². The molecule has 0 heterocycles. The average Bonchev–Trinajstić information content (AvgIpc) is 2.93. The molecule has 0 spiro atoms. The number of hydrogen-bond donors (Lipinski definition) is 2. The molecule has 0 radical (unpaired) electrons. The summed E-state index contributed by atoms with van der Waals surface area (Å²) in [6, 6.07) is 16.5. The highest BCUT2D eigenvalue weighted by molar-refractivity contribution is 7.98. The molecule has 0 aliphatic carbocycles. The normalized spacial score (nSPS) is 11.6. The monoisotopic (exact) mass is 614 g/mol. The minimum atomic E-state index is -4.47. The average molecular weight is 615 g/mol. The number of carbonyl (C=O) groups is 1. The summed E-state index contributed by atoms with van der Waals surface area (Å²) in [6.07, 6.45) is -8.93. The van der Waals surface area contributed by atoms with Gasteiger partial charge in [-0.25, -0.2) is 4.79 Å². The third-order valence-corrected chi connectivity index (χ3v) is 7.09. The molecule has 0 fully saturated rings. The standard InChI is InChI=1S/C28H28F6N4OS2/c1-3-37(25(39)36-41-24-10-6-8-22(16-24)28(32,33)34)17-19-11-13-20(14-12-19)18-38(4-2)26(40)35-23-9-5-7-21(15-23)27(29,30)31/h5-16H,3-4,17-18H2,1-2H3,(H,35,40)(H,36,39). The van der Waals surface area contributed by atoms with Gasteiger partial charge in [0.25, 0.3) is 0 Å². The van der Waals surface area contributed by atoms with Crippen LogP contribution in [0.5, 0.6) is 0 Å². The van der Waals surface area contributed by atoms with Crippen molar-refractivity contribution in [3.8, 4) is 0 Å². The summed E-state index contributed by atoms with van der Waals surface area (Å²) < 4.78 is 80.5. The molecule has 0 aliphatic heterocycles. The molecule has 3 aromatic carbocycles. The maximum absolute atomic E-state index is 13.0. The first-order valence-electron chi connectivity index (χ1n) is 12.5. The lowest BCUT2D eigenvalue weighted by molar-refractivity contribution is -0.138.